The molecule has 0 heterocycles. The minimum absolute atomic E-state index is 0.213. The van der Waals surface area contributed by atoms with Crippen molar-refractivity contribution in [3.05, 3.63) is 65.7 Å². The lowest BCUT2D eigenvalue weighted by molar-refractivity contribution is 0.297. The Labute approximate surface area is 163 Å². The average Bonchev–Trinajstić information content (AvgIpc) is 2.70. The molecule has 2 atom stereocenters. The van der Waals surface area contributed by atoms with Gasteiger partial charge >= 0.3 is 0 Å². The quantitative estimate of drug-likeness (QED) is 0.555. The van der Waals surface area contributed by atoms with E-state index in [4.69, 9.17) is 4.74 Å². The molecule has 0 spiro atoms. The number of methoxy groups -OCH3 is 1. The van der Waals surface area contributed by atoms with E-state index in [0.717, 1.165) is 24.8 Å². The van der Waals surface area contributed by atoms with Crippen molar-refractivity contribution in [1.29, 1.82) is 0 Å². The SMILES string of the molecule is CN=C(NCC(C)c1ccccc1)NCC(c1cccc(OC)c1)N(C)C. The molecule has 0 saturated carbocycles. The second-order valence-electron chi connectivity index (χ2n) is 6.90. The summed E-state index contributed by atoms with van der Waals surface area (Å²) in [6.45, 7) is 3.80. The van der Waals surface area contributed by atoms with E-state index in [1.807, 2.05) is 18.2 Å². The number of nitrogens with one attached hydrogen (secondary N) is 2. The van der Waals surface area contributed by atoms with E-state index >= 15 is 0 Å². The Hall–Kier alpha value is -2.53. The topological polar surface area (TPSA) is 48.9 Å². The number of benzene rings is 2. The minimum Gasteiger partial charge on any atom is -0.497 e. The van der Waals surface area contributed by atoms with Gasteiger partial charge in [-0.05, 0) is 43.3 Å². The van der Waals surface area contributed by atoms with Crippen LogP contribution >= 0.6 is 0 Å². The van der Waals surface area contributed by atoms with Gasteiger partial charge in [-0.3, -0.25) is 4.99 Å². The molecule has 0 saturated heterocycles. The number of hydrogen-bond acceptors (Lipinski definition) is 3. The number of nitrogens with zero attached hydrogens (tertiary/aromatic N) is 2. The standard InChI is InChI=1S/C22H32N4O/c1-17(18-10-7-6-8-11-18)15-24-22(23-2)25-16-21(26(3)4)19-12-9-13-20(14-19)27-5/h6-14,17,21H,15-16H2,1-5H3,(H2,23,24,25). The fourth-order valence-corrected chi connectivity index (χ4v) is 3.01. The molecule has 2 N–H and O–H groups in total. The summed E-state index contributed by atoms with van der Waals surface area (Å²) in [6.07, 6.45) is 0. The number of guanidine groups is 1. The Kier molecular flexibility index (Phi) is 8.14. The molecule has 0 aliphatic heterocycles. The van der Waals surface area contributed by atoms with Crippen molar-refractivity contribution in [3.63, 3.8) is 0 Å². The lowest BCUT2D eigenvalue weighted by Crippen LogP contribution is -2.42. The second kappa shape index (κ2) is 10.6. The maximum Gasteiger partial charge on any atom is 0.191 e. The van der Waals surface area contributed by atoms with Crippen LogP contribution in [0.2, 0.25) is 0 Å². The molecule has 0 amide bonds. The van der Waals surface area contributed by atoms with Crippen molar-refractivity contribution in [3.8, 4) is 5.75 Å². The molecule has 146 valence electrons. The van der Waals surface area contributed by atoms with E-state index in [-0.39, 0.29) is 6.04 Å². The predicted octanol–water partition coefficient (Wildman–Crippen LogP) is 3.27. The highest BCUT2D eigenvalue weighted by molar-refractivity contribution is 5.79. The van der Waals surface area contributed by atoms with Gasteiger partial charge in [-0.2, -0.15) is 0 Å². The van der Waals surface area contributed by atoms with E-state index in [1.54, 1.807) is 14.2 Å². The molecule has 0 radical (unpaired) electrons. The number of aliphatic imine (C=N–C) groups is 1. The van der Waals surface area contributed by atoms with Gasteiger partial charge in [0.1, 0.15) is 5.75 Å². The van der Waals surface area contributed by atoms with Crippen LogP contribution < -0.4 is 15.4 Å². The lowest BCUT2D eigenvalue weighted by atomic mass is 10.0. The van der Waals surface area contributed by atoms with Crippen LogP contribution in [-0.4, -0.2) is 52.2 Å². The zero-order valence-electron chi connectivity index (χ0n) is 17.1. The Bertz CT molecular complexity index is 715. The molecule has 0 aliphatic carbocycles. The van der Waals surface area contributed by atoms with Crippen LogP contribution in [-0.2, 0) is 0 Å². The van der Waals surface area contributed by atoms with E-state index in [9.17, 15) is 0 Å². The molecular weight excluding hydrogens is 336 g/mol. The van der Waals surface area contributed by atoms with Crippen molar-refractivity contribution < 1.29 is 4.74 Å². The van der Waals surface area contributed by atoms with Crippen molar-refractivity contribution in [2.75, 3.05) is 41.3 Å². The molecule has 27 heavy (non-hydrogen) atoms. The largest absolute Gasteiger partial charge is 0.497 e. The highest BCUT2D eigenvalue weighted by atomic mass is 16.5. The van der Waals surface area contributed by atoms with Gasteiger partial charge in [-0.25, -0.2) is 0 Å². The summed E-state index contributed by atoms with van der Waals surface area (Å²) < 4.78 is 5.36. The van der Waals surface area contributed by atoms with E-state index in [2.05, 4.69) is 77.9 Å². The Morgan fingerprint density at radius 1 is 1.00 bits per heavy atom. The predicted molar refractivity (Wildman–Crippen MR) is 114 cm³/mol. The highest BCUT2D eigenvalue weighted by Crippen LogP contribution is 2.22. The summed E-state index contributed by atoms with van der Waals surface area (Å²) in [4.78, 5) is 6.56. The third-order valence-electron chi connectivity index (χ3n) is 4.73. The molecule has 2 aromatic rings. The van der Waals surface area contributed by atoms with Gasteiger partial charge in [0.2, 0.25) is 0 Å². The molecule has 0 aromatic heterocycles. The third kappa shape index (κ3) is 6.29. The lowest BCUT2D eigenvalue weighted by Gasteiger charge is -2.26. The van der Waals surface area contributed by atoms with Gasteiger partial charge < -0.3 is 20.3 Å². The van der Waals surface area contributed by atoms with Crippen molar-refractivity contribution in [2.24, 2.45) is 4.99 Å². The normalized spacial score (nSPS) is 13.9. The Balaban J connectivity index is 1.94. The molecule has 0 bridgehead atoms. The van der Waals surface area contributed by atoms with Crippen LogP contribution in [0.25, 0.3) is 0 Å². The first-order valence-electron chi connectivity index (χ1n) is 9.35. The average molecular weight is 369 g/mol. The van der Waals surface area contributed by atoms with E-state index < -0.39 is 0 Å². The number of ether oxygens (including phenoxy) is 1. The number of rotatable bonds is 8. The number of likely N-dealkylation sites (N-methyl/N-ethyl adjacent to an activating group) is 1. The Morgan fingerprint density at radius 3 is 2.30 bits per heavy atom. The maximum absolute atomic E-state index is 5.36. The molecule has 0 fully saturated rings. The molecule has 5 heteroatoms. The molecule has 0 aliphatic rings. The summed E-state index contributed by atoms with van der Waals surface area (Å²) >= 11 is 0. The first-order chi connectivity index (χ1) is 13.0. The third-order valence-corrected chi connectivity index (χ3v) is 4.73. The fourth-order valence-electron chi connectivity index (χ4n) is 3.01. The second-order valence-corrected chi connectivity index (χ2v) is 6.90. The van der Waals surface area contributed by atoms with Gasteiger partial charge in [0.15, 0.2) is 5.96 Å². The van der Waals surface area contributed by atoms with Gasteiger partial charge in [0.25, 0.3) is 0 Å². The monoisotopic (exact) mass is 368 g/mol. The summed E-state index contributed by atoms with van der Waals surface area (Å²) in [5.74, 6) is 2.10. The molecule has 2 rings (SSSR count). The van der Waals surface area contributed by atoms with Gasteiger partial charge in [-0.15, -0.1) is 0 Å². The smallest absolute Gasteiger partial charge is 0.191 e. The summed E-state index contributed by atoms with van der Waals surface area (Å²) in [6, 6.07) is 18.9. The zero-order chi connectivity index (χ0) is 19.6. The van der Waals surface area contributed by atoms with Crippen molar-refractivity contribution >= 4 is 5.96 Å². The first kappa shape index (κ1) is 20.8. The van der Waals surface area contributed by atoms with Gasteiger partial charge in [0, 0.05) is 20.1 Å². The fraction of sp³-hybridized carbons (Fsp3) is 0.409. The van der Waals surface area contributed by atoms with Gasteiger partial charge in [-0.1, -0.05) is 49.4 Å². The molecule has 2 aromatic carbocycles. The Morgan fingerprint density at radius 2 is 1.67 bits per heavy atom. The van der Waals surface area contributed by atoms with Crippen LogP contribution in [0.4, 0.5) is 0 Å². The van der Waals surface area contributed by atoms with Gasteiger partial charge in [0.05, 0.1) is 13.2 Å². The van der Waals surface area contributed by atoms with Crippen LogP contribution in [0.15, 0.2) is 59.6 Å². The maximum atomic E-state index is 5.36. The summed E-state index contributed by atoms with van der Waals surface area (Å²) in [7, 11) is 7.67. The van der Waals surface area contributed by atoms with Crippen LogP contribution in [0.1, 0.15) is 30.0 Å². The molecular formula is C22H32N4O. The zero-order valence-corrected chi connectivity index (χ0v) is 17.1. The van der Waals surface area contributed by atoms with E-state index in [1.165, 1.54) is 11.1 Å². The van der Waals surface area contributed by atoms with Crippen molar-refractivity contribution in [1.82, 2.24) is 15.5 Å². The number of hydrogen-bond donors (Lipinski definition) is 2. The molecule has 2 unspecified atom stereocenters. The van der Waals surface area contributed by atoms with E-state index in [0.29, 0.717) is 5.92 Å². The highest BCUT2D eigenvalue weighted by Gasteiger charge is 2.15. The van der Waals surface area contributed by atoms with Crippen LogP contribution in [0.5, 0.6) is 5.75 Å². The van der Waals surface area contributed by atoms with Crippen molar-refractivity contribution in [2.45, 2.75) is 18.9 Å². The first-order valence-corrected chi connectivity index (χ1v) is 9.35. The summed E-state index contributed by atoms with van der Waals surface area (Å²) in [5, 5.41) is 6.88. The minimum atomic E-state index is 0.213. The summed E-state index contributed by atoms with van der Waals surface area (Å²) in [5.41, 5.74) is 2.53. The molecule has 5 nitrogen and oxygen atoms in total. The van der Waals surface area contributed by atoms with Crippen LogP contribution in [0.3, 0.4) is 0 Å². The van der Waals surface area contributed by atoms with Crippen LogP contribution in [0, 0.1) is 0 Å².